The molecule has 2 heterocycles. The Morgan fingerprint density at radius 1 is 1.12 bits per heavy atom. The Morgan fingerprint density at radius 2 is 1.85 bits per heavy atom. The summed E-state index contributed by atoms with van der Waals surface area (Å²) in [5.74, 6) is 0.735. The second kappa shape index (κ2) is 10.1. The summed E-state index contributed by atoms with van der Waals surface area (Å²) in [5, 5.41) is 8.34. The maximum Gasteiger partial charge on any atom is 0.242 e. The average Bonchev–Trinajstić information content (AvgIpc) is 3.18. The molecule has 4 rings (SSSR count). The lowest BCUT2D eigenvalue weighted by Gasteiger charge is -2.18. The molecule has 7 nitrogen and oxygen atoms in total. The Bertz CT molecular complexity index is 1390. The van der Waals surface area contributed by atoms with Crippen LogP contribution in [0.5, 0.6) is 0 Å². The third-order valence-corrected chi connectivity index (χ3v) is 8.35. The van der Waals surface area contributed by atoms with E-state index in [4.69, 9.17) is 16.6 Å². The van der Waals surface area contributed by atoms with E-state index >= 15 is 0 Å². The summed E-state index contributed by atoms with van der Waals surface area (Å²) >= 11 is 13.2. The van der Waals surface area contributed by atoms with E-state index in [-0.39, 0.29) is 4.90 Å². The summed E-state index contributed by atoms with van der Waals surface area (Å²) in [6.45, 7) is 0.901. The molecule has 0 spiro atoms. The number of hydrogen-bond donors (Lipinski definition) is 1. The van der Waals surface area contributed by atoms with Gasteiger partial charge in [0.1, 0.15) is 5.82 Å². The van der Waals surface area contributed by atoms with Crippen molar-refractivity contribution in [2.24, 2.45) is 0 Å². The molecule has 0 radical (unpaired) electrons. The number of nitrogens with one attached hydrogen (secondary N) is 1. The highest BCUT2D eigenvalue weighted by Gasteiger charge is 2.20. The maximum atomic E-state index is 12.8. The van der Waals surface area contributed by atoms with Crippen LogP contribution in [0, 0.1) is 0 Å². The normalized spacial score (nSPS) is 11.9. The number of hydrogen-bond acceptors (Lipinski definition) is 5. The van der Waals surface area contributed by atoms with Crippen LogP contribution in [0.2, 0.25) is 5.02 Å². The first-order valence-corrected chi connectivity index (χ1v) is 13.4. The average molecular weight is 614 g/mol. The molecule has 0 saturated carbocycles. The molecule has 1 N–H and O–H groups in total. The maximum absolute atomic E-state index is 12.8. The fourth-order valence-corrected chi connectivity index (χ4v) is 5.35. The SMILES string of the molecule is CN(CCCNc1cc(-c2ccccc2Cl)nc2c(Br)cnn12)S(=O)(=O)c1ccc(Br)cc1. The lowest BCUT2D eigenvalue weighted by atomic mass is 10.1. The van der Waals surface area contributed by atoms with E-state index in [1.54, 1.807) is 42.0 Å². The van der Waals surface area contributed by atoms with E-state index in [9.17, 15) is 8.42 Å². The highest BCUT2D eigenvalue weighted by Crippen LogP contribution is 2.30. The summed E-state index contributed by atoms with van der Waals surface area (Å²) < 4.78 is 30.2. The van der Waals surface area contributed by atoms with Gasteiger partial charge in [0.15, 0.2) is 5.65 Å². The van der Waals surface area contributed by atoms with Gasteiger partial charge in [0.25, 0.3) is 0 Å². The Labute approximate surface area is 214 Å². The van der Waals surface area contributed by atoms with Gasteiger partial charge in [-0.1, -0.05) is 45.7 Å². The molecular formula is C22H20Br2ClN5O2S. The monoisotopic (exact) mass is 611 g/mol. The first-order valence-electron chi connectivity index (χ1n) is 10.0. The summed E-state index contributed by atoms with van der Waals surface area (Å²) in [7, 11) is -1.96. The standard InChI is InChI=1S/C22H20Br2ClN5O2S/c1-29(33(31,32)16-9-7-15(23)8-10-16)12-4-11-26-21-13-20(17-5-2-3-6-19(17)25)28-22-18(24)14-27-30(21)22/h2-3,5-10,13-14,26H,4,11-12H2,1H3. The number of anilines is 1. The zero-order valence-corrected chi connectivity index (χ0v) is 22.3. The molecule has 0 unspecified atom stereocenters. The smallest absolute Gasteiger partial charge is 0.242 e. The summed E-state index contributed by atoms with van der Waals surface area (Å²) in [6, 6.07) is 16.0. The van der Waals surface area contributed by atoms with Gasteiger partial charge in [-0.15, -0.1) is 0 Å². The molecule has 0 aliphatic carbocycles. The van der Waals surface area contributed by atoms with Gasteiger partial charge in [0.05, 0.1) is 21.3 Å². The van der Waals surface area contributed by atoms with Gasteiger partial charge in [-0.25, -0.2) is 17.7 Å². The Hall–Kier alpha value is -1.98. The van der Waals surface area contributed by atoms with Crippen molar-refractivity contribution in [2.75, 3.05) is 25.5 Å². The highest BCUT2D eigenvalue weighted by atomic mass is 79.9. The predicted octanol–water partition coefficient (Wildman–Crippen LogP) is 5.70. The second-order valence-corrected chi connectivity index (χ2v) is 11.5. The molecule has 33 heavy (non-hydrogen) atoms. The zero-order chi connectivity index (χ0) is 23.6. The van der Waals surface area contributed by atoms with E-state index in [1.165, 1.54) is 4.31 Å². The summed E-state index contributed by atoms with van der Waals surface area (Å²) in [6.07, 6.45) is 2.28. The van der Waals surface area contributed by atoms with Crippen LogP contribution >= 0.6 is 43.5 Å². The van der Waals surface area contributed by atoms with Crippen LogP contribution in [0.3, 0.4) is 0 Å². The molecule has 0 aliphatic rings. The molecule has 0 amide bonds. The van der Waals surface area contributed by atoms with Crippen molar-refractivity contribution in [2.45, 2.75) is 11.3 Å². The lowest BCUT2D eigenvalue weighted by molar-refractivity contribution is 0.465. The molecule has 0 saturated heterocycles. The van der Waals surface area contributed by atoms with E-state index in [2.05, 4.69) is 42.3 Å². The van der Waals surface area contributed by atoms with Crippen molar-refractivity contribution in [1.29, 1.82) is 0 Å². The molecule has 0 fully saturated rings. The minimum absolute atomic E-state index is 0.266. The summed E-state index contributed by atoms with van der Waals surface area (Å²) in [4.78, 5) is 4.96. The first-order chi connectivity index (χ1) is 15.8. The number of halogens is 3. The minimum atomic E-state index is -3.54. The molecule has 0 atom stereocenters. The van der Waals surface area contributed by atoms with Crippen LogP contribution in [0.15, 0.2) is 74.6 Å². The van der Waals surface area contributed by atoms with Crippen molar-refractivity contribution < 1.29 is 8.42 Å². The third-order valence-electron chi connectivity index (χ3n) is 5.06. The van der Waals surface area contributed by atoms with Gasteiger partial charge in [-0.2, -0.15) is 9.61 Å². The fraction of sp³-hybridized carbons (Fsp3) is 0.182. The number of nitrogens with zero attached hydrogens (tertiary/aromatic N) is 4. The third kappa shape index (κ3) is 5.25. The predicted molar refractivity (Wildman–Crippen MR) is 138 cm³/mol. The van der Waals surface area contributed by atoms with E-state index in [0.717, 1.165) is 20.3 Å². The number of fused-ring (bicyclic) bond motifs is 1. The van der Waals surface area contributed by atoms with Crippen molar-refractivity contribution >= 4 is 64.9 Å². The quantitative estimate of drug-likeness (QED) is 0.258. The minimum Gasteiger partial charge on any atom is -0.370 e. The summed E-state index contributed by atoms with van der Waals surface area (Å²) in [5.41, 5.74) is 2.19. The molecule has 11 heteroatoms. The molecule has 4 aromatic rings. The van der Waals surface area contributed by atoms with E-state index in [1.807, 2.05) is 30.3 Å². The van der Waals surface area contributed by atoms with Crippen LogP contribution in [0.25, 0.3) is 16.9 Å². The number of sulfonamides is 1. The van der Waals surface area contributed by atoms with Gasteiger partial charge in [-0.3, -0.25) is 0 Å². The van der Waals surface area contributed by atoms with Gasteiger partial charge in [0.2, 0.25) is 10.0 Å². The number of aromatic nitrogens is 3. The van der Waals surface area contributed by atoms with Crippen molar-refractivity contribution in [1.82, 2.24) is 18.9 Å². The molecule has 2 aromatic heterocycles. The van der Waals surface area contributed by atoms with Crippen LogP contribution in [0.1, 0.15) is 6.42 Å². The molecule has 0 aliphatic heterocycles. The zero-order valence-electron chi connectivity index (χ0n) is 17.5. The number of benzene rings is 2. The largest absolute Gasteiger partial charge is 0.370 e. The Kier molecular flexibility index (Phi) is 7.40. The van der Waals surface area contributed by atoms with Gasteiger partial charge < -0.3 is 5.32 Å². The van der Waals surface area contributed by atoms with Gasteiger partial charge in [-0.05, 0) is 52.7 Å². The van der Waals surface area contributed by atoms with Crippen LogP contribution in [-0.4, -0.2) is 47.5 Å². The topological polar surface area (TPSA) is 79.6 Å². The van der Waals surface area contributed by atoms with E-state index < -0.39 is 10.0 Å². The van der Waals surface area contributed by atoms with Crippen LogP contribution in [-0.2, 0) is 10.0 Å². The number of rotatable bonds is 8. The van der Waals surface area contributed by atoms with Crippen molar-refractivity contribution in [3.8, 4) is 11.3 Å². The molecule has 2 aromatic carbocycles. The Morgan fingerprint density at radius 3 is 2.58 bits per heavy atom. The van der Waals surface area contributed by atoms with Gasteiger partial charge >= 0.3 is 0 Å². The van der Waals surface area contributed by atoms with E-state index in [0.29, 0.717) is 35.9 Å². The Balaban J connectivity index is 1.48. The second-order valence-electron chi connectivity index (χ2n) is 7.30. The van der Waals surface area contributed by atoms with Crippen LogP contribution < -0.4 is 5.32 Å². The fourth-order valence-electron chi connectivity index (χ4n) is 3.29. The highest BCUT2D eigenvalue weighted by molar-refractivity contribution is 9.11. The molecule has 172 valence electrons. The molecular weight excluding hydrogens is 594 g/mol. The van der Waals surface area contributed by atoms with Crippen molar-refractivity contribution in [3.63, 3.8) is 0 Å². The van der Waals surface area contributed by atoms with Crippen molar-refractivity contribution in [3.05, 3.63) is 74.8 Å². The van der Waals surface area contributed by atoms with Crippen LogP contribution in [0.4, 0.5) is 5.82 Å². The lowest BCUT2D eigenvalue weighted by Crippen LogP contribution is -2.29. The molecule has 0 bridgehead atoms. The first kappa shape index (κ1) is 24.2. The van der Waals surface area contributed by atoms with Gasteiger partial charge in [0, 0.05) is 41.3 Å².